The lowest BCUT2D eigenvalue weighted by molar-refractivity contribution is 0.240. The highest BCUT2D eigenvalue weighted by atomic mass is 35.5. The van der Waals surface area contributed by atoms with Gasteiger partial charge < -0.3 is 24.8 Å². The topological polar surface area (TPSA) is 54.0 Å². The van der Waals surface area contributed by atoms with Crippen molar-refractivity contribution in [2.45, 2.75) is 12.5 Å². The number of likely N-dealkylation sites (N-methyl/N-ethyl adjacent to an activating group) is 1. The molecule has 2 rings (SSSR count). The van der Waals surface area contributed by atoms with Crippen molar-refractivity contribution in [3.05, 3.63) is 22.7 Å². The Morgan fingerprint density at radius 1 is 1.33 bits per heavy atom. The Kier molecular flexibility index (Phi) is 6.11. The van der Waals surface area contributed by atoms with E-state index in [1.165, 1.54) is 0 Å². The Morgan fingerprint density at radius 3 is 2.81 bits per heavy atom. The fourth-order valence-electron chi connectivity index (χ4n) is 2.20. The number of ether oxygens (including phenoxy) is 2. The van der Waals surface area contributed by atoms with E-state index in [0.717, 1.165) is 25.1 Å². The molecule has 1 aromatic rings. The van der Waals surface area contributed by atoms with Gasteiger partial charge in [0.15, 0.2) is 11.5 Å². The first-order valence-corrected chi connectivity index (χ1v) is 7.57. The van der Waals surface area contributed by atoms with E-state index in [1.807, 2.05) is 26.2 Å². The minimum Gasteiger partial charge on any atom is -0.489 e. The predicted octanol–water partition coefficient (Wildman–Crippen LogP) is 1.69. The molecule has 0 spiro atoms. The molecule has 0 aliphatic carbocycles. The maximum atomic E-state index is 9.60. The molecule has 1 heterocycles. The summed E-state index contributed by atoms with van der Waals surface area (Å²) in [7, 11) is 4.03. The van der Waals surface area contributed by atoms with Crippen LogP contribution in [0.4, 0.5) is 0 Å². The van der Waals surface area contributed by atoms with Crippen LogP contribution >= 0.6 is 11.6 Å². The van der Waals surface area contributed by atoms with Crippen LogP contribution in [-0.4, -0.2) is 57.0 Å². The van der Waals surface area contributed by atoms with Crippen molar-refractivity contribution in [2.75, 3.05) is 47.0 Å². The lowest BCUT2D eigenvalue weighted by Gasteiger charge is -2.20. The second-order valence-electron chi connectivity index (χ2n) is 5.37. The molecule has 0 saturated carbocycles. The summed E-state index contributed by atoms with van der Waals surface area (Å²) in [6.45, 7) is 2.91. The van der Waals surface area contributed by atoms with E-state index < -0.39 is 0 Å². The second-order valence-corrected chi connectivity index (χ2v) is 5.78. The number of benzene rings is 1. The van der Waals surface area contributed by atoms with Crippen molar-refractivity contribution in [3.63, 3.8) is 0 Å². The molecule has 118 valence electrons. The summed E-state index contributed by atoms with van der Waals surface area (Å²) >= 11 is 6.28. The van der Waals surface area contributed by atoms with Crippen LogP contribution in [0.5, 0.6) is 11.5 Å². The Balaban J connectivity index is 2.14. The summed E-state index contributed by atoms with van der Waals surface area (Å²) in [4.78, 5) is 2.09. The summed E-state index contributed by atoms with van der Waals surface area (Å²) < 4.78 is 11.3. The van der Waals surface area contributed by atoms with Gasteiger partial charge in [0.1, 0.15) is 0 Å². The summed E-state index contributed by atoms with van der Waals surface area (Å²) in [6, 6.07) is 3.56. The van der Waals surface area contributed by atoms with Gasteiger partial charge in [0, 0.05) is 19.5 Å². The quantitative estimate of drug-likeness (QED) is 0.837. The van der Waals surface area contributed by atoms with Gasteiger partial charge in [-0.05, 0) is 31.8 Å². The molecule has 1 aliphatic rings. The van der Waals surface area contributed by atoms with Gasteiger partial charge in [-0.25, -0.2) is 0 Å². The Hall–Kier alpha value is -1.01. The highest BCUT2D eigenvalue weighted by molar-refractivity contribution is 6.32. The molecule has 6 heteroatoms. The van der Waals surface area contributed by atoms with Crippen LogP contribution in [0, 0.1) is 0 Å². The van der Waals surface area contributed by atoms with Crippen LogP contribution in [0.2, 0.25) is 5.02 Å². The smallest absolute Gasteiger partial charge is 0.179 e. The zero-order chi connectivity index (χ0) is 15.2. The fourth-order valence-corrected chi connectivity index (χ4v) is 2.48. The highest BCUT2D eigenvalue weighted by Gasteiger charge is 2.19. The highest BCUT2D eigenvalue weighted by Crippen LogP contribution is 2.39. The number of halogens is 1. The molecule has 0 radical (unpaired) electrons. The molecule has 5 nitrogen and oxygen atoms in total. The molecule has 1 aromatic carbocycles. The molecule has 2 N–H and O–H groups in total. The van der Waals surface area contributed by atoms with Crippen LogP contribution in [0.15, 0.2) is 12.1 Å². The van der Waals surface area contributed by atoms with Crippen molar-refractivity contribution in [1.82, 2.24) is 10.2 Å². The first kappa shape index (κ1) is 16.4. The van der Waals surface area contributed by atoms with Crippen LogP contribution in [0.1, 0.15) is 18.0 Å². The number of nitrogens with one attached hydrogen (secondary N) is 1. The van der Waals surface area contributed by atoms with Gasteiger partial charge in [-0.3, -0.25) is 0 Å². The molecule has 0 fully saturated rings. The average molecular weight is 315 g/mol. The maximum Gasteiger partial charge on any atom is 0.179 e. The Morgan fingerprint density at radius 2 is 2.10 bits per heavy atom. The van der Waals surface area contributed by atoms with Crippen molar-refractivity contribution >= 4 is 11.6 Å². The van der Waals surface area contributed by atoms with Crippen molar-refractivity contribution < 1.29 is 14.6 Å². The molecule has 1 atom stereocenters. The van der Waals surface area contributed by atoms with Crippen molar-refractivity contribution in [3.8, 4) is 11.5 Å². The minimum atomic E-state index is -0.167. The summed E-state index contributed by atoms with van der Waals surface area (Å²) in [5.41, 5.74) is 0.908. The lowest BCUT2D eigenvalue weighted by Crippen LogP contribution is -2.31. The van der Waals surface area contributed by atoms with Crippen LogP contribution in [0.3, 0.4) is 0 Å². The Labute approximate surface area is 130 Å². The summed E-state index contributed by atoms with van der Waals surface area (Å²) in [6.07, 6.45) is 0.838. The molecule has 0 bridgehead atoms. The van der Waals surface area contributed by atoms with Gasteiger partial charge in [0.25, 0.3) is 0 Å². The van der Waals surface area contributed by atoms with E-state index in [2.05, 4.69) is 10.2 Å². The van der Waals surface area contributed by atoms with Crippen molar-refractivity contribution in [1.29, 1.82) is 0 Å². The number of hydrogen-bond donors (Lipinski definition) is 2. The van der Waals surface area contributed by atoms with Gasteiger partial charge in [0.2, 0.25) is 0 Å². The minimum absolute atomic E-state index is 0.00337. The van der Waals surface area contributed by atoms with Gasteiger partial charge in [0.05, 0.1) is 30.9 Å². The SMILES string of the molecule is CN(C)CCNC(CO)c1cc(Cl)c2c(c1)OCCCO2. The number of hydrogen-bond acceptors (Lipinski definition) is 5. The van der Waals surface area contributed by atoms with Crippen LogP contribution in [-0.2, 0) is 0 Å². The second kappa shape index (κ2) is 7.84. The molecule has 21 heavy (non-hydrogen) atoms. The number of fused-ring (bicyclic) bond motifs is 1. The fraction of sp³-hybridized carbons (Fsp3) is 0.600. The normalized spacial score (nSPS) is 15.9. The van der Waals surface area contributed by atoms with E-state index in [0.29, 0.717) is 29.7 Å². The lowest BCUT2D eigenvalue weighted by atomic mass is 10.1. The number of aliphatic hydroxyl groups excluding tert-OH is 1. The monoisotopic (exact) mass is 314 g/mol. The van der Waals surface area contributed by atoms with Gasteiger partial charge >= 0.3 is 0 Å². The molecule has 1 aliphatic heterocycles. The molecular weight excluding hydrogens is 292 g/mol. The van der Waals surface area contributed by atoms with Crippen LogP contribution < -0.4 is 14.8 Å². The maximum absolute atomic E-state index is 9.60. The predicted molar refractivity (Wildman–Crippen MR) is 83.4 cm³/mol. The zero-order valence-corrected chi connectivity index (χ0v) is 13.3. The summed E-state index contributed by atoms with van der Waals surface area (Å²) in [5.74, 6) is 1.26. The zero-order valence-electron chi connectivity index (χ0n) is 12.6. The van der Waals surface area contributed by atoms with E-state index >= 15 is 0 Å². The molecule has 0 aromatic heterocycles. The number of aliphatic hydroxyl groups is 1. The van der Waals surface area contributed by atoms with Crippen molar-refractivity contribution in [2.24, 2.45) is 0 Å². The molecule has 0 saturated heterocycles. The number of nitrogens with zero attached hydrogens (tertiary/aromatic N) is 1. The Bertz CT molecular complexity index is 468. The van der Waals surface area contributed by atoms with Gasteiger partial charge in [-0.15, -0.1) is 0 Å². The molecular formula is C15H23ClN2O3. The van der Waals surface area contributed by atoms with Gasteiger partial charge in [-0.1, -0.05) is 11.6 Å². The third-order valence-electron chi connectivity index (χ3n) is 3.36. The van der Waals surface area contributed by atoms with Gasteiger partial charge in [-0.2, -0.15) is 0 Å². The van der Waals surface area contributed by atoms with E-state index in [1.54, 1.807) is 0 Å². The van der Waals surface area contributed by atoms with E-state index in [-0.39, 0.29) is 12.6 Å². The van der Waals surface area contributed by atoms with E-state index in [9.17, 15) is 5.11 Å². The molecule has 0 amide bonds. The standard InChI is InChI=1S/C15H23ClN2O3/c1-18(2)5-4-17-13(10-19)11-8-12(16)15-14(9-11)20-6-3-7-21-15/h8-9,13,17,19H,3-7,10H2,1-2H3. The van der Waals surface area contributed by atoms with Crippen LogP contribution in [0.25, 0.3) is 0 Å². The third-order valence-corrected chi connectivity index (χ3v) is 3.64. The average Bonchev–Trinajstić information content (AvgIpc) is 2.69. The first-order chi connectivity index (χ1) is 10.1. The largest absolute Gasteiger partial charge is 0.489 e. The summed E-state index contributed by atoms with van der Waals surface area (Å²) in [5, 5.41) is 13.4. The van der Waals surface area contributed by atoms with E-state index in [4.69, 9.17) is 21.1 Å². The number of rotatable bonds is 6. The third kappa shape index (κ3) is 4.48. The first-order valence-electron chi connectivity index (χ1n) is 7.20. The molecule has 1 unspecified atom stereocenters.